The fourth-order valence-electron chi connectivity index (χ4n) is 2.98. The van der Waals surface area contributed by atoms with Gasteiger partial charge in [-0.05, 0) is 31.9 Å². The van der Waals surface area contributed by atoms with Crippen LogP contribution in [-0.2, 0) is 9.53 Å². The van der Waals surface area contributed by atoms with Gasteiger partial charge < -0.3 is 19.7 Å². The molecule has 1 aromatic rings. The molecule has 27 heavy (non-hydrogen) atoms. The Hall–Kier alpha value is -1.43. The van der Waals surface area contributed by atoms with Gasteiger partial charge in [-0.1, -0.05) is 63.6 Å². The third kappa shape index (κ3) is 10.5. The van der Waals surface area contributed by atoms with E-state index in [0.29, 0.717) is 0 Å². The van der Waals surface area contributed by atoms with Crippen LogP contribution in [0.1, 0.15) is 65.2 Å². The van der Waals surface area contributed by atoms with Crippen LogP contribution in [0.4, 0.5) is 0 Å². The van der Waals surface area contributed by atoms with Crippen LogP contribution >= 0.6 is 0 Å². The Morgan fingerprint density at radius 2 is 1.63 bits per heavy atom. The number of hydrogen-bond acceptors (Lipinski definition) is 5. The second kappa shape index (κ2) is 14.6. The van der Waals surface area contributed by atoms with Gasteiger partial charge >= 0.3 is 0 Å². The quantitative estimate of drug-likeness (QED) is 0.427. The van der Waals surface area contributed by atoms with E-state index in [0.717, 1.165) is 25.0 Å². The number of aliphatic hydroxyl groups excluding tert-OH is 2. The SMILES string of the molecule is CCCCCCCCCC(COC(C(C)O)C(O)[C]=O)Oc1ccccc1. The number of hydrogen-bond donors (Lipinski definition) is 2. The summed E-state index contributed by atoms with van der Waals surface area (Å²) in [6.45, 7) is 3.89. The summed E-state index contributed by atoms with van der Waals surface area (Å²) in [7, 11) is 0. The summed E-state index contributed by atoms with van der Waals surface area (Å²) in [5.74, 6) is 0.755. The fraction of sp³-hybridized carbons (Fsp3) is 0.682. The number of ether oxygens (including phenoxy) is 2. The molecule has 0 aliphatic heterocycles. The minimum atomic E-state index is -1.47. The normalized spacial score (nSPS) is 15.7. The van der Waals surface area contributed by atoms with Gasteiger partial charge in [-0.3, -0.25) is 4.79 Å². The van der Waals surface area contributed by atoms with E-state index in [1.165, 1.54) is 45.3 Å². The fourth-order valence-corrected chi connectivity index (χ4v) is 2.98. The maximum atomic E-state index is 10.7. The van der Waals surface area contributed by atoms with Crippen LogP contribution in [0, 0.1) is 0 Å². The Labute approximate surface area is 163 Å². The van der Waals surface area contributed by atoms with Gasteiger partial charge in [0.15, 0.2) is 0 Å². The Balaban J connectivity index is 2.50. The first-order valence-corrected chi connectivity index (χ1v) is 10.2. The molecule has 4 atom stereocenters. The predicted molar refractivity (Wildman–Crippen MR) is 107 cm³/mol. The van der Waals surface area contributed by atoms with Crippen LogP contribution in [0.5, 0.6) is 5.75 Å². The van der Waals surface area contributed by atoms with Crippen molar-refractivity contribution in [3.63, 3.8) is 0 Å². The highest BCUT2D eigenvalue weighted by molar-refractivity contribution is 5.57. The van der Waals surface area contributed by atoms with Crippen molar-refractivity contribution in [1.29, 1.82) is 0 Å². The van der Waals surface area contributed by atoms with E-state index >= 15 is 0 Å². The summed E-state index contributed by atoms with van der Waals surface area (Å²) < 4.78 is 11.6. The number of rotatable bonds is 16. The van der Waals surface area contributed by atoms with Gasteiger partial charge in [-0.2, -0.15) is 0 Å². The molecule has 1 rings (SSSR count). The summed E-state index contributed by atoms with van der Waals surface area (Å²) >= 11 is 0. The Kier molecular flexibility index (Phi) is 12.8. The summed E-state index contributed by atoms with van der Waals surface area (Å²) in [5, 5.41) is 19.4. The molecule has 0 amide bonds. The van der Waals surface area contributed by atoms with Crippen molar-refractivity contribution in [1.82, 2.24) is 0 Å². The van der Waals surface area contributed by atoms with Crippen LogP contribution in [-0.4, -0.2) is 47.5 Å². The first-order valence-electron chi connectivity index (χ1n) is 10.2. The zero-order valence-electron chi connectivity index (χ0n) is 16.7. The Bertz CT molecular complexity index is 477. The van der Waals surface area contributed by atoms with Crippen molar-refractivity contribution in [3.05, 3.63) is 30.3 Å². The van der Waals surface area contributed by atoms with Crippen molar-refractivity contribution >= 4 is 6.29 Å². The van der Waals surface area contributed by atoms with E-state index < -0.39 is 18.3 Å². The van der Waals surface area contributed by atoms with Crippen molar-refractivity contribution in [2.75, 3.05) is 6.61 Å². The summed E-state index contributed by atoms with van der Waals surface area (Å²) in [6.07, 6.45) is 7.12. The smallest absolute Gasteiger partial charge is 0.232 e. The maximum absolute atomic E-state index is 10.7. The molecule has 0 aliphatic rings. The molecular weight excluding hydrogens is 344 g/mol. The molecule has 0 bridgehead atoms. The minimum Gasteiger partial charge on any atom is -0.488 e. The third-order valence-corrected chi connectivity index (χ3v) is 4.56. The lowest BCUT2D eigenvalue weighted by atomic mass is 10.1. The van der Waals surface area contributed by atoms with Gasteiger partial charge in [-0.25, -0.2) is 0 Å². The summed E-state index contributed by atoms with van der Waals surface area (Å²) in [6, 6.07) is 9.51. The van der Waals surface area contributed by atoms with Crippen LogP contribution in [0.15, 0.2) is 30.3 Å². The standard InChI is InChI=1S/C22H35O5/c1-3-4-5-6-7-8-10-15-20(27-19-13-11-9-12-14-19)17-26-22(18(2)24)21(25)16-23/h9,11-14,18,20-22,24-25H,3-8,10,15,17H2,1-2H3. The Morgan fingerprint density at radius 1 is 1.00 bits per heavy atom. The highest BCUT2D eigenvalue weighted by atomic mass is 16.6. The molecule has 5 heteroatoms. The number of para-hydroxylation sites is 1. The molecule has 0 spiro atoms. The van der Waals surface area contributed by atoms with Crippen molar-refractivity contribution in [2.45, 2.75) is 89.6 Å². The van der Waals surface area contributed by atoms with Crippen molar-refractivity contribution in [3.8, 4) is 5.75 Å². The zero-order valence-corrected chi connectivity index (χ0v) is 16.7. The molecule has 0 heterocycles. The van der Waals surface area contributed by atoms with Crippen molar-refractivity contribution in [2.24, 2.45) is 0 Å². The molecule has 4 unspecified atom stereocenters. The lowest BCUT2D eigenvalue weighted by Gasteiger charge is -2.26. The molecule has 5 nitrogen and oxygen atoms in total. The molecule has 153 valence electrons. The molecule has 0 fully saturated rings. The first kappa shape index (κ1) is 23.6. The van der Waals surface area contributed by atoms with Crippen LogP contribution < -0.4 is 4.74 Å². The number of carbonyl (C=O) groups excluding carboxylic acids is 1. The van der Waals surface area contributed by atoms with Crippen molar-refractivity contribution < 1.29 is 24.5 Å². The molecular formula is C22H35O5. The van der Waals surface area contributed by atoms with E-state index in [1.807, 2.05) is 30.3 Å². The highest BCUT2D eigenvalue weighted by Gasteiger charge is 2.26. The second-order valence-corrected chi connectivity index (χ2v) is 7.06. The first-order chi connectivity index (χ1) is 13.1. The molecule has 1 aromatic carbocycles. The van der Waals surface area contributed by atoms with E-state index in [4.69, 9.17) is 9.47 Å². The van der Waals surface area contributed by atoms with Gasteiger partial charge in [0.25, 0.3) is 0 Å². The lowest BCUT2D eigenvalue weighted by molar-refractivity contribution is -0.0927. The minimum absolute atomic E-state index is 0.193. The summed E-state index contributed by atoms with van der Waals surface area (Å²) in [4.78, 5) is 10.7. The number of benzene rings is 1. The van der Waals surface area contributed by atoms with E-state index in [1.54, 1.807) is 0 Å². The van der Waals surface area contributed by atoms with Crippen LogP contribution in [0.25, 0.3) is 0 Å². The van der Waals surface area contributed by atoms with E-state index in [9.17, 15) is 15.0 Å². The molecule has 0 saturated carbocycles. The average Bonchev–Trinajstić information content (AvgIpc) is 2.67. The van der Waals surface area contributed by atoms with Gasteiger partial charge in [0.1, 0.15) is 24.1 Å². The monoisotopic (exact) mass is 379 g/mol. The predicted octanol–water partition coefficient (Wildman–Crippen LogP) is 3.81. The Morgan fingerprint density at radius 3 is 2.22 bits per heavy atom. The molecule has 1 radical (unpaired) electrons. The lowest BCUT2D eigenvalue weighted by Crippen LogP contribution is -2.41. The van der Waals surface area contributed by atoms with Crippen LogP contribution in [0.2, 0.25) is 0 Å². The molecule has 0 aliphatic carbocycles. The van der Waals surface area contributed by atoms with E-state index in [2.05, 4.69) is 6.92 Å². The second-order valence-electron chi connectivity index (χ2n) is 7.06. The average molecular weight is 380 g/mol. The molecule has 0 aromatic heterocycles. The molecule has 2 N–H and O–H groups in total. The zero-order chi connectivity index (χ0) is 19.9. The van der Waals surface area contributed by atoms with Gasteiger partial charge in [0.05, 0.1) is 12.7 Å². The molecule has 0 saturated heterocycles. The van der Waals surface area contributed by atoms with Crippen LogP contribution in [0.3, 0.4) is 0 Å². The van der Waals surface area contributed by atoms with E-state index in [-0.39, 0.29) is 12.7 Å². The highest BCUT2D eigenvalue weighted by Crippen LogP contribution is 2.17. The summed E-state index contributed by atoms with van der Waals surface area (Å²) in [5.41, 5.74) is 0. The number of unbranched alkanes of at least 4 members (excludes halogenated alkanes) is 6. The largest absolute Gasteiger partial charge is 0.488 e. The van der Waals surface area contributed by atoms with Gasteiger partial charge in [0.2, 0.25) is 6.29 Å². The number of aliphatic hydroxyl groups is 2. The van der Waals surface area contributed by atoms with Gasteiger partial charge in [0, 0.05) is 0 Å². The van der Waals surface area contributed by atoms with Gasteiger partial charge in [-0.15, -0.1) is 0 Å². The topological polar surface area (TPSA) is 76.0 Å². The third-order valence-electron chi connectivity index (χ3n) is 4.56. The maximum Gasteiger partial charge on any atom is 0.232 e.